The lowest BCUT2D eigenvalue weighted by Gasteiger charge is -2.41. The summed E-state index contributed by atoms with van der Waals surface area (Å²) in [4.78, 5) is 8.99. The average molecular weight is 600 g/mol. The van der Waals surface area contributed by atoms with E-state index in [1.165, 1.54) is 11.1 Å². The average Bonchev–Trinajstić information content (AvgIpc) is 3.41. The number of ether oxygens (including phenoxy) is 2. The molecule has 4 rings (SSSR count). The monoisotopic (exact) mass is 599 g/mol. The second-order valence-corrected chi connectivity index (χ2v) is 24.6. The van der Waals surface area contributed by atoms with Gasteiger partial charge in [0, 0.05) is 38.5 Å². The Bertz CT molecular complexity index is 1180. The molecule has 1 aromatic heterocycles. The Hall–Kier alpha value is -1.79. The zero-order valence-corrected chi connectivity index (χ0v) is 29.2. The number of hydrogen-bond donors (Lipinski definition) is 1. The zero-order chi connectivity index (χ0) is 30.2. The molecule has 228 valence electrons. The maximum atomic E-state index is 7.00. The van der Waals surface area contributed by atoms with Gasteiger partial charge in [-0.2, -0.15) is 0 Å². The van der Waals surface area contributed by atoms with Gasteiger partial charge in [-0.15, -0.1) is 0 Å². The fourth-order valence-electron chi connectivity index (χ4n) is 5.30. The SMILES string of the molecule is CO[C@@H]1Cc2ccccc2[C@H]1Nc1cc(O[C@@H]2C[C@@H](CO[Si](C)(C)C(C)(C)C)[C@@H](O[Si](C)(C)C(C)(C)C)C2)ncn1. The normalized spacial score (nSPS) is 25.3. The molecule has 41 heavy (non-hydrogen) atoms. The first-order chi connectivity index (χ1) is 19.0. The number of methoxy groups -OCH3 is 1. The van der Waals surface area contributed by atoms with Gasteiger partial charge in [0.05, 0.1) is 18.2 Å². The summed E-state index contributed by atoms with van der Waals surface area (Å²) in [5, 5.41) is 3.90. The van der Waals surface area contributed by atoms with Crippen molar-refractivity contribution in [3.8, 4) is 5.88 Å². The molecule has 5 atom stereocenters. The van der Waals surface area contributed by atoms with Crippen molar-refractivity contribution in [3.63, 3.8) is 0 Å². The van der Waals surface area contributed by atoms with Crippen LogP contribution in [-0.4, -0.2) is 58.6 Å². The van der Waals surface area contributed by atoms with Crippen LogP contribution >= 0.6 is 0 Å². The van der Waals surface area contributed by atoms with E-state index in [9.17, 15) is 0 Å². The van der Waals surface area contributed by atoms with Crippen molar-refractivity contribution in [2.24, 2.45) is 5.92 Å². The topological polar surface area (TPSA) is 74.7 Å². The summed E-state index contributed by atoms with van der Waals surface area (Å²) >= 11 is 0. The first kappa shape index (κ1) is 32.1. The van der Waals surface area contributed by atoms with Gasteiger partial charge in [0.2, 0.25) is 5.88 Å². The molecule has 1 aromatic carbocycles. The fraction of sp³-hybridized carbons (Fsp3) is 0.688. The van der Waals surface area contributed by atoms with Gasteiger partial charge >= 0.3 is 0 Å². The highest BCUT2D eigenvalue weighted by molar-refractivity contribution is 6.74. The second-order valence-electron chi connectivity index (χ2n) is 15.0. The Balaban J connectivity index is 1.47. The van der Waals surface area contributed by atoms with Crippen LogP contribution in [0.1, 0.15) is 71.6 Å². The van der Waals surface area contributed by atoms with Crippen LogP contribution in [0.2, 0.25) is 36.3 Å². The van der Waals surface area contributed by atoms with E-state index in [-0.39, 0.29) is 34.4 Å². The molecular weight excluding hydrogens is 547 g/mol. The summed E-state index contributed by atoms with van der Waals surface area (Å²) in [5.41, 5.74) is 2.57. The highest BCUT2D eigenvalue weighted by Crippen LogP contribution is 2.43. The van der Waals surface area contributed by atoms with E-state index in [0.717, 1.165) is 25.1 Å². The van der Waals surface area contributed by atoms with Crippen molar-refractivity contribution in [1.82, 2.24) is 9.97 Å². The lowest BCUT2D eigenvalue weighted by atomic mass is 10.1. The number of nitrogens with one attached hydrogen (secondary N) is 1. The van der Waals surface area contributed by atoms with Crippen molar-refractivity contribution in [2.45, 2.75) is 121 Å². The molecule has 1 N–H and O–H groups in total. The third-order valence-electron chi connectivity index (χ3n) is 10.0. The molecule has 0 saturated heterocycles. The first-order valence-corrected chi connectivity index (χ1v) is 21.0. The summed E-state index contributed by atoms with van der Waals surface area (Å²) in [7, 11) is -2.07. The van der Waals surface area contributed by atoms with Crippen LogP contribution in [0, 0.1) is 5.92 Å². The molecule has 0 amide bonds. The van der Waals surface area contributed by atoms with Crippen LogP contribution in [0.3, 0.4) is 0 Å². The molecule has 0 spiro atoms. The van der Waals surface area contributed by atoms with Crippen molar-refractivity contribution in [3.05, 3.63) is 47.8 Å². The fourth-order valence-corrected chi connectivity index (χ4v) is 7.76. The molecule has 1 fully saturated rings. The molecule has 1 saturated carbocycles. The van der Waals surface area contributed by atoms with Crippen LogP contribution in [0.4, 0.5) is 5.82 Å². The third-order valence-corrected chi connectivity index (χ3v) is 19.0. The van der Waals surface area contributed by atoms with Gasteiger partial charge in [-0.05, 0) is 53.8 Å². The Morgan fingerprint density at radius 1 is 0.902 bits per heavy atom. The van der Waals surface area contributed by atoms with Crippen LogP contribution in [0.5, 0.6) is 5.88 Å². The van der Waals surface area contributed by atoms with Crippen LogP contribution in [0.15, 0.2) is 36.7 Å². The van der Waals surface area contributed by atoms with Gasteiger partial charge in [0.25, 0.3) is 0 Å². The van der Waals surface area contributed by atoms with Gasteiger partial charge in [-0.3, -0.25) is 0 Å². The molecule has 2 aliphatic rings. The van der Waals surface area contributed by atoms with Gasteiger partial charge < -0.3 is 23.6 Å². The minimum atomic E-state index is -1.96. The van der Waals surface area contributed by atoms with E-state index in [1.54, 1.807) is 13.4 Å². The summed E-state index contributed by atoms with van der Waals surface area (Å²) in [6.45, 7) is 23.8. The maximum Gasteiger partial charge on any atom is 0.218 e. The number of fused-ring (bicyclic) bond motifs is 1. The lowest BCUT2D eigenvalue weighted by molar-refractivity contribution is 0.0958. The number of hydrogen-bond acceptors (Lipinski definition) is 7. The highest BCUT2D eigenvalue weighted by atomic mass is 28.4. The highest BCUT2D eigenvalue weighted by Gasteiger charge is 2.46. The molecule has 7 nitrogen and oxygen atoms in total. The predicted molar refractivity (Wildman–Crippen MR) is 172 cm³/mol. The lowest BCUT2D eigenvalue weighted by Crippen LogP contribution is -2.46. The van der Waals surface area contributed by atoms with Crippen molar-refractivity contribution < 1.29 is 18.3 Å². The van der Waals surface area contributed by atoms with Crippen molar-refractivity contribution >= 4 is 22.5 Å². The van der Waals surface area contributed by atoms with E-state index in [2.05, 4.69) is 107 Å². The molecule has 9 heteroatoms. The molecule has 2 aromatic rings. The standard InChI is InChI=1S/C32H53N3O4Si2/c1-31(2,3)40(8,9)37-20-23-16-24(18-26(23)39-41(10,11)32(4,5)6)38-29-19-28(33-21-34-29)35-30-25-15-13-12-14-22(25)17-27(30)36-7/h12-15,19,21,23-24,26-27,30H,16-18,20H2,1-11H3,(H,33,34,35)/t23-,24+,26-,27+,30+/m0/s1. The molecule has 1 heterocycles. The quantitative estimate of drug-likeness (QED) is 0.280. The predicted octanol–water partition coefficient (Wildman–Crippen LogP) is 7.77. The minimum Gasteiger partial charge on any atom is -0.474 e. The molecular formula is C32H53N3O4Si2. The molecule has 0 aliphatic heterocycles. The van der Waals surface area contributed by atoms with Crippen LogP contribution < -0.4 is 10.1 Å². The molecule has 0 radical (unpaired) electrons. The minimum absolute atomic E-state index is 0.0134. The molecule has 0 unspecified atom stereocenters. The van der Waals surface area contributed by atoms with E-state index < -0.39 is 16.6 Å². The Morgan fingerprint density at radius 3 is 2.24 bits per heavy atom. The number of anilines is 1. The summed E-state index contributed by atoms with van der Waals surface area (Å²) < 4.78 is 26.1. The molecule has 2 aliphatic carbocycles. The van der Waals surface area contributed by atoms with Crippen LogP contribution in [-0.2, 0) is 20.0 Å². The van der Waals surface area contributed by atoms with E-state index >= 15 is 0 Å². The van der Waals surface area contributed by atoms with E-state index in [4.69, 9.17) is 18.3 Å². The van der Waals surface area contributed by atoms with Crippen LogP contribution in [0.25, 0.3) is 0 Å². The largest absolute Gasteiger partial charge is 0.474 e. The van der Waals surface area contributed by atoms with Gasteiger partial charge in [0.15, 0.2) is 16.6 Å². The summed E-state index contributed by atoms with van der Waals surface area (Å²) in [6, 6.07) is 10.4. The molecule has 0 bridgehead atoms. The van der Waals surface area contributed by atoms with Gasteiger partial charge in [0.1, 0.15) is 18.2 Å². The summed E-state index contributed by atoms with van der Waals surface area (Å²) in [5.74, 6) is 1.62. The number of benzene rings is 1. The third kappa shape index (κ3) is 7.41. The van der Waals surface area contributed by atoms with Gasteiger partial charge in [-0.25, -0.2) is 9.97 Å². The summed E-state index contributed by atoms with van der Waals surface area (Å²) in [6.07, 6.45) is 4.37. The Morgan fingerprint density at radius 2 is 1.59 bits per heavy atom. The van der Waals surface area contributed by atoms with Crippen molar-refractivity contribution in [2.75, 3.05) is 19.0 Å². The second kappa shape index (κ2) is 12.1. The smallest absolute Gasteiger partial charge is 0.218 e. The number of aromatic nitrogens is 2. The first-order valence-electron chi connectivity index (χ1n) is 15.2. The zero-order valence-electron chi connectivity index (χ0n) is 27.2. The Labute approximate surface area is 250 Å². The Kier molecular flexibility index (Phi) is 9.46. The number of rotatable bonds is 10. The van der Waals surface area contributed by atoms with Crippen molar-refractivity contribution in [1.29, 1.82) is 0 Å². The van der Waals surface area contributed by atoms with Gasteiger partial charge in [-0.1, -0.05) is 65.8 Å². The van der Waals surface area contributed by atoms with E-state index in [1.807, 2.05) is 6.07 Å². The maximum absolute atomic E-state index is 7.00. The van der Waals surface area contributed by atoms with E-state index in [0.29, 0.717) is 18.4 Å². The number of nitrogens with zero attached hydrogens (tertiary/aromatic N) is 2.